The predicted molar refractivity (Wildman–Crippen MR) is 51.2 cm³/mol. The Labute approximate surface area is 92.2 Å². The third-order valence-electron chi connectivity index (χ3n) is 1.39. The van der Waals surface area contributed by atoms with Crippen LogP contribution in [0.1, 0.15) is 0 Å². The molecule has 0 spiro atoms. The van der Waals surface area contributed by atoms with Gasteiger partial charge in [-0.3, -0.25) is 0 Å². The fourth-order valence-corrected chi connectivity index (χ4v) is 0.746. The highest BCUT2D eigenvalue weighted by molar-refractivity contribution is 5.71. The van der Waals surface area contributed by atoms with Gasteiger partial charge in [-0.05, 0) is 0 Å². The van der Waals surface area contributed by atoms with Crippen LogP contribution >= 0.6 is 0 Å². The molecule has 0 aromatic carbocycles. The molecule has 7 nitrogen and oxygen atoms in total. The van der Waals surface area contributed by atoms with Crippen LogP contribution in [-0.2, 0) is 23.8 Å². The molecule has 0 bridgehead atoms. The number of hydrogen-bond acceptors (Lipinski definition) is 7. The van der Waals surface area contributed by atoms with E-state index in [9.17, 15) is 9.59 Å². The second-order valence-corrected chi connectivity index (χ2v) is 2.61. The highest BCUT2D eigenvalue weighted by atomic mass is 16.6. The van der Waals surface area contributed by atoms with E-state index in [2.05, 4.69) is 16.1 Å². The lowest BCUT2D eigenvalue weighted by Crippen LogP contribution is -2.30. The minimum atomic E-state index is -0.863. The molecule has 0 fully saturated rings. The molecule has 0 rings (SSSR count). The SMILES string of the molecule is C=COCC(COC(=O)CO)OC(=O)CO. The summed E-state index contributed by atoms with van der Waals surface area (Å²) >= 11 is 0. The molecule has 0 aliphatic heterocycles. The minimum Gasteiger partial charge on any atom is -0.498 e. The number of carbonyl (C=O) groups excluding carboxylic acids is 2. The molecule has 0 aromatic rings. The summed E-state index contributed by atoms with van der Waals surface area (Å²) in [5, 5.41) is 16.8. The molecule has 0 aliphatic carbocycles. The van der Waals surface area contributed by atoms with Gasteiger partial charge in [0.05, 0.1) is 6.26 Å². The number of aliphatic hydroxyl groups excluding tert-OH is 2. The first-order valence-corrected chi connectivity index (χ1v) is 4.43. The van der Waals surface area contributed by atoms with Crippen molar-refractivity contribution < 1.29 is 34.0 Å². The molecule has 0 aromatic heterocycles. The molecule has 0 saturated heterocycles. The first-order chi connectivity index (χ1) is 7.63. The van der Waals surface area contributed by atoms with Gasteiger partial charge < -0.3 is 24.4 Å². The van der Waals surface area contributed by atoms with E-state index in [1.54, 1.807) is 0 Å². The Morgan fingerprint density at radius 3 is 2.31 bits per heavy atom. The molecular formula is C9H14O7. The van der Waals surface area contributed by atoms with E-state index in [1.165, 1.54) is 0 Å². The quantitative estimate of drug-likeness (QED) is 0.392. The summed E-state index contributed by atoms with van der Waals surface area (Å²) in [5.41, 5.74) is 0. The zero-order valence-electron chi connectivity index (χ0n) is 8.63. The first-order valence-electron chi connectivity index (χ1n) is 4.43. The summed E-state index contributed by atoms with van der Waals surface area (Å²) in [6, 6.07) is 0. The van der Waals surface area contributed by atoms with Gasteiger partial charge in [-0.25, -0.2) is 9.59 Å². The Bertz CT molecular complexity index is 238. The molecule has 0 radical (unpaired) electrons. The molecule has 1 atom stereocenters. The molecule has 0 heterocycles. The van der Waals surface area contributed by atoms with E-state index < -0.39 is 31.3 Å². The van der Waals surface area contributed by atoms with Gasteiger partial charge >= 0.3 is 11.9 Å². The Balaban J connectivity index is 4.03. The minimum absolute atomic E-state index is 0.0616. The van der Waals surface area contributed by atoms with Crippen molar-refractivity contribution >= 4 is 11.9 Å². The maximum absolute atomic E-state index is 10.8. The van der Waals surface area contributed by atoms with Crippen LogP contribution in [0.15, 0.2) is 12.8 Å². The van der Waals surface area contributed by atoms with Crippen LogP contribution in [0.25, 0.3) is 0 Å². The number of carbonyl (C=O) groups is 2. The van der Waals surface area contributed by atoms with Gasteiger partial charge in [0.1, 0.15) is 26.4 Å². The number of esters is 2. The Hall–Kier alpha value is -1.60. The second kappa shape index (κ2) is 8.69. The van der Waals surface area contributed by atoms with Crippen LogP contribution < -0.4 is 0 Å². The summed E-state index contributed by atoms with van der Waals surface area (Å²) in [5.74, 6) is -1.71. The third-order valence-corrected chi connectivity index (χ3v) is 1.39. The molecular weight excluding hydrogens is 220 g/mol. The van der Waals surface area contributed by atoms with Crippen molar-refractivity contribution in [2.75, 3.05) is 26.4 Å². The maximum Gasteiger partial charge on any atom is 0.332 e. The van der Waals surface area contributed by atoms with Crippen molar-refractivity contribution in [3.05, 3.63) is 12.8 Å². The van der Waals surface area contributed by atoms with Gasteiger partial charge in [-0.1, -0.05) is 6.58 Å². The molecule has 16 heavy (non-hydrogen) atoms. The average Bonchev–Trinajstić information content (AvgIpc) is 2.31. The Morgan fingerprint density at radius 2 is 1.81 bits per heavy atom. The topological polar surface area (TPSA) is 102 Å². The third kappa shape index (κ3) is 6.80. The largest absolute Gasteiger partial charge is 0.498 e. The molecule has 1 unspecified atom stereocenters. The van der Waals surface area contributed by atoms with Crippen LogP contribution in [0.4, 0.5) is 0 Å². The molecule has 0 aliphatic rings. The van der Waals surface area contributed by atoms with Crippen molar-refractivity contribution in [3.8, 4) is 0 Å². The lowest BCUT2D eigenvalue weighted by atomic mass is 10.4. The van der Waals surface area contributed by atoms with E-state index in [4.69, 9.17) is 14.9 Å². The fraction of sp³-hybridized carbons (Fsp3) is 0.556. The molecule has 7 heteroatoms. The smallest absolute Gasteiger partial charge is 0.332 e. The van der Waals surface area contributed by atoms with Gasteiger partial charge in [-0.15, -0.1) is 0 Å². The number of rotatable bonds is 8. The summed E-state index contributed by atoms with van der Waals surface area (Å²) in [6.07, 6.45) is 0.279. The molecule has 0 saturated carbocycles. The monoisotopic (exact) mass is 234 g/mol. The summed E-state index contributed by atoms with van der Waals surface area (Å²) in [7, 11) is 0. The van der Waals surface area contributed by atoms with Gasteiger partial charge in [0.15, 0.2) is 6.10 Å². The number of aliphatic hydroxyl groups is 2. The maximum atomic E-state index is 10.8. The van der Waals surface area contributed by atoms with Gasteiger partial charge in [0, 0.05) is 0 Å². The summed E-state index contributed by atoms with van der Waals surface area (Å²) < 4.78 is 14.0. The van der Waals surface area contributed by atoms with Crippen LogP contribution in [0.3, 0.4) is 0 Å². The lowest BCUT2D eigenvalue weighted by Gasteiger charge is -2.16. The normalized spacial score (nSPS) is 11.4. The van der Waals surface area contributed by atoms with Gasteiger partial charge in [-0.2, -0.15) is 0 Å². The predicted octanol–water partition coefficient (Wildman–Crippen LogP) is -1.41. The van der Waals surface area contributed by atoms with Crippen LogP contribution in [0, 0.1) is 0 Å². The lowest BCUT2D eigenvalue weighted by molar-refractivity contribution is -0.164. The fourth-order valence-electron chi connectivity index (χ4n) is 0.746. The molecule has 0 amide bonds. The average molecular weight is 234 g/mol. The van der Waals surface area contributed by atoms with E-state index >= 15 is 0 Å². The Kier molecular flexibility index (Phi) is 7.82. The van der Waals surface area contributed by atoms with E-state index in [0.717, 1.165) is 6.26 Å². The van der Waals surface area contributed by atoms with Gasteiger partial charge in [0.25, 0.3) is 0 Å². The van der Waals surface area contributed by atoms with Crippen LogP contribution in [-0.4, -0.2) is 54.7 Å². The molecule has 2 N–H and O–H groups in total. The van der Waals surface area contributed by atoms with Crippen LogP contribution in [0.5, 0.6) is 0 Å². The van der Waals surface area contributed by atoms with Crippen LogP contribution in [0.2, 0.25) is 0 Å². The van der Waals surface area contributed by atoms with Crippen molar-refractivity contribution in [2.24, 2.45) is 0 Å². The molecule has 92 valence electrons. The van der Waals surface area contributed by atoms with E-state index in [0.29, 0.717) is 0 Å². The van der Waals surface area contributed by atoms with Gasteiger partial charge in [0.2, 0.25) is 0 Å². The standard InChI is InChI=1S/C9H14O7/c1-2-14-5-7(16-9(13)4-11)6-15-8(12)3-10/h2,7,10-11H,1,3-6H2. The van der Waals surface area contributed by atoms with Crippen molar-refractivity contribution in [1.29, 1.82) is 0 Å². The van der Waals surface area contributed by atoms with E-state index in [-0.39, 0.29) is 13.2 Å². The van der Waals surface area contributed by atoms with Crippen molar-refractivity contribution in [2.45, 2.75) is 6.10 Å². The number of hydrogen-bond donors (Lipinski definition) is 2. The Morgan fingerprint density at radius 1 is 1.19 bits per heavy atom. The first kappa shape index (κ1) is 14.4. The van der Waals surface area contributed by atoms with Crippen molar-refractivity contribution in [3.63, 3.8) is 0 Å². The zero-order valence-corrected chi connectivity index (χ0v) is 8.63. The van der Waals surface area contributed by atoms with E-state index in [1.807, 2.05) is 0 Å². The van der Waals surface area contributed by atoms with Crippen molar-refractivity contribution in [1.82, 2.24) is 0 Å². The summed E-state index contributed by atoms with van der Waals surface area (Å²) in [4.78, 5) is 21.4. The second-order valence-electron chi connectivity index (χ2n) is 2.61. The highest BCUT2D eigenvalue weighted by Gasteiger charge is 2.16. The highest BCUT2D eigenvalue weighted by Crippen LogP contribution is 1.97. The zero-order chi connectivity index (χ0) is 12.4. The summed E-state index contributed by atoms with van der Waals surface area (Å²) in [6.45, 7) is 1.42. The number of ether oxygens (including phenoxy) is 3.